The Hall–Kier alpha value is -1.88. The maximum absolute atomic E-state index is 12.8. The lowest BCUT2D eigenvalue weighted by Gasteiger charge is -2.25. The molecule has 5 heteroatoms. The Morgan fingerprint density at radius 1 is 1.28 bits per heavy atom. The van der Waals surface area contributed by atoms with Gasteiger partial charge in [-0.3, -0.25) is 4.79 Å². The van der Waals surface area contributed by atoms with Gasteiger partial charge in [0.25, 0.3) is 5.91 Å². The summed E-state index contributed by atoms with van der Waals surface area (Å²) >= 11 is 1.61. The van der Waals surface area contributed by atoms with Gasteiger partial charge in [0.1, 0.15) is 12.4 Å². The van der Waals surface area contributed by atoms with E-state index in [-0.39, 0.29) is 5.91 Å². The number of benzene rings is 1. The Kier molecular flexibility index (Phi) is 7.44. The maximum atomic E-state index is 12.8. The van der Waals surface area contributed by atoms with E-state index in [1.807, 2.05) is 48.4 Å². The Morgan fingerprint density at radius 3 is 2.64 bits per heavy atom. The fourth-order valence-corrected chi connectivity index (χ4v) is 3.34. The van der Waals surface area contributed by atoms with Crippen molar-refractivity contribution < 1.29 is 9.53 Å². The minimum absolute atomic E-state index is 0.0735. The first-order chi connectivity index (χ1) is 12.1. The number of carbonyl (C=O) groups excluding carboxylic acids is 1. The quantitative estimate of drug-likeness (QED) is 0.637. The largest absolute Gasteiger partial charge is 0.487 e. The molecule has 1 aromatic carbocycles. The summed E-state index contributed by atoms with van der Waals surface area (Å²) in [7, 11) is 0. The first-order valence-electron chi connectivity index (χ1n) is 9.00. The Bertz CT molecular complexity index is 680. The van der Waals surface area contributed by atoms with Gasteiger partial charge in [-0.05, 0) is 38.0 Å². The van der Waals surface area contributed by atoms with Gasteiger partial charge in [0.2, 0.25) is 0 Å². The van der Waals surface area contributed by atoms with Crippen molar-refractivity contribution >= 4 is 17.2 Å². The number of hydrogen-bond acceptors (Lipinski definition) is 4. The van der Waals surface area contributed by atoms with Gasteiger partial charge in [0.15, 0.2) is 0 Å². The van der Waals surface area contributed by atoms with Crippen LogP contribution in [0.3, 0.4) is 0 Å². The van der Waals surface area contributed by atoms with Crippen LogP contribution in [-0.4, -0.2) is 28.9 Å². The molecule has 25 heavy (non-hydrogen) atoms. The third-order valence-corrected chi connectivity index (χ3v) is 5.26. The zero-order valence-corrected chi connectivity index (χ0v) is 16.4. The number of carbonyl (C=O) groups is 1. The van der Waals surface area contributed by atoms with Crippen LogP contribution in [-0.2, 0) is 6.61 Å². The second-order valence-corrected chi connectivity index (χ2v) is 7.26. The summed E-state index contributed by atoms with van der Waals surface area (Å²) in [6.45, 7) is 10.3. The van der Waals surface area contributed by atoms with Crippen LogP contribution in [0.4, 0.5) is 0 Å². The maximum Gasteiger partial charge on any atom is 0.253 e. The van der Waals surface area contributed by atoms with E-state index in [1.54, 1.807) is 11.3 Å². The lowest BCUT2D eigenvalue weighted by Crippen LogP contribution is -2.35. The van der Waals surface area contributed by atoms with Crippen molar-refractivity contribution in [3.05, 3.63) is 45.9 Å². The van der Waals surface area contributed by atoms with E-state index in [4.69, 9.17) is 4.74 Å². The molecule has 0 aliphatic carbocycles. The summed E-state index contributed by atoms with van der Waals surface area (Å²) in [5, 5.41) is 3.03. The number of thiazole rings is 1. The van der Waals surface area contributed by atoms with Gasteiger partial charge < -0.3 is 9.64 Å². The van der Waals surface area contributed by atoms with E-state index in [0.717, 1.165) is 36.6 Å². The predicted octanol–water partition coefficient (Wildman–Crippen LogP) is 4.93. The molecule has 0 bridgehead atoms. The normalized spacial score (nSPS) is 10.9. The highest BCUT2D eigenvalue weighted by Crippen LogP contribution is 2.19. The van der Waals surface area contributed by atoms with E-state index < -0.39 is 0 Å². The minimum atomic E-state index is 0.0735. The molecule has 0 spiro atoms. The second-order valence-electron chi connectivity index (χ2n) is 6.20. The summed E-state index contributed by atoms with van der Waals surface area (Å²) < 4.78 is 5.81. The number of rotatable bonds is 9. The molecule has 4 nitrogen and oxygen atoms in total. The van der Waals surface area contributed by atoms with Crippen molar-refractivity contribution in [3.8, 4) is 5.75 Å². The molecule has 0 atom stereocenters. The van der Waals surface area contributed by atoms with Crippen molar-refractivity contribution in [2.75, 3.05) is 13.1 Å². The number of ether oxygens (including phenoxy) is 1. The van der Waals surface area contributed by atoms with E-state index in [9.17, 15) is 4.79 Å². The molecule has 136 valence electrons. The zero-order chi connectivity index (χ0) is 18.2. The van der Waals surface area contributed by atoms with Crippen molar-refractivity contribution in [2.45, 2.75) is 47.1 Å². The van der Waals surface area contributed by atoms with E-state index in [1.165, 1.54) is 0 Å². The highest BCUT2D eigenvalue weighted by Gasteiger charge is 2.18. The fraction of sp³-hybridized carbons (Fsp3) is 0.500. The lowest BCUT2D eigenvalue weighted by atomic mass is 10.0. The van der Waals surface area contributed by atoms with Gasteiger partial charge in [-0.1, -0.05) is 32.8 Å². The summed E-state index contributed by atoms with van der Waals surface area (Å²) in [6.07, 6.45) is 2.19. The molecule has 0 unspecified atom stereocenters. The van der Waals surface area contributed by atoms with Crippen molar-refractivity contribution in [1.29, 1.82) is 0 Å². The van der Waals surface area contributed by atoms with Gasteiger partial charge in [0, 0.05) is 24.0 Å². The lowest BCUT2D eigenvalue weighted by molar-refractivity contribution is 0.0734. The molecule has 0 N–H and O–H groups in total. The molecule has 1 heterocycles. The van der Waals surface area contributed by atoms with Gasteiger partial charge in [-0.15, -0.1) is 11.3 Å². The topological polar surface area (TPSA) is 42.4 Å². The van der Waals surface area contributed by atoms with Gasteiger partial charge >= 0.3 is 0 Å². The van der Waals surface area contributed by atoms with Crippen LogP contribution in [0.1, 0.15) is 54.7 Å². The number of hydrogen-bond donors (Lipinski definition) is 0. The van der Waals surface area contributed by atoms with Gasteiger partial charge in [-0.2, -0.15) is 0 Å². The second kappa shape index (κ2) is 9.56. The Balaban J connectivity index is 2.04. The smallest absolute Gasteiger partial charge is 0.253 e. The summed E-state index contributed by atoms with van der Waals surface area (Å²) in [5.41, 5.74) is 1.60. The molecule has 0 saturated heterocycles. The molecule has 0 aliphatic rings. The van der Waals surface area contributed by atoms with Crippen LogP contribution in [0, 0.1) is 12.8 Å². The molecule has 0 aliphatic heterocycles. The summed E-state index contributed by atoms with van der Waals surface area (Å²) in [6, 6.07) is 7.45. The third kappa shape index (κ3) is 5.56. The number of aryl methyl sites for hydroxylation is 1. The number of nitrogens with zero attached hydrogens (tertiary/aromatic N) is 2. The summed E-state index contributed by atoms with van der Waals surface area (Å²) in [4.78, 5) is 19.2. The standard InChI is InChI=1S/C20H28N2O2S/c1-5-16(6-2)12-22(7-3)20(23)17-9-8-10-19(11-17)24-13-18-14-25-15(4)21-18/h8-11,14,16H,5-7,12-13H2,1-4H3. The van der Waals surface area contributed by atoms with Crippen molar-refractivity contribution in [1.82, 2.24) is 9.88 Å². The highest BCUT2D eigenvalue weighted by molar-refractivity contribution is 7.09. The van der Waals surface area contributed by atoms with Crippen LogP contribution < -0.4 is 4.74 Å². The van der Waals surface area contributed by atoms with Crippen LogP contribution in [0.15, 0.2) is 29.6 Å². The molecule has 1 amide bonds. The molecule has 0 radical (unpaired) electrons. The molecular formula is C20H28N2O2S. The first kappa shape index (κ1) is 19.4. The molecule has 1 aromatic heterocycles. The van der Waals surface area contributed by atoms with E-state index >= 15 is 0 Å². The predicted molar refractivity (Wildman–Crippen MR) is 103 cm³/mol. The fourth-order valence-electron chi connectivity index (χ4n) is 2.75. The molecule has 0 fully saturated rings. The average Bonchev–Trinajstić information content (AvgIpc) is 3.06. The third-order valence-electron chi connectivity index (χ3n) is 4.44. The first-order valence-corrected chi connectivity index (χ1v) is 9.88. The van der Waals surface area contributed by atoms with Crippen LogP contribution in [0.2, 0.25) is 0 Å². The van der Waals surface area contributed by atoms with Crippen LogP contribution in [0.5, 0.6) is 5.75 Å². The number of aromatic nitrogens is 1. The zero-order valence-electron chi connectivity index (χ0n) is 15.6. The molecule has 0 saturated carbocycles. The van der Waals surface area contributed by atoms with Gasteiger partial charge in [0.05, 0.1) is 10.7 Å². The van der Waals surface area contributed by atoms with E-state index in [2.05, 4.69) is 18.8 Å². The van der Waals surface area contributed by atoms with Gasteiger partial charge in [-0.25, -0.2) is 4.98 Å². The average molecular weight is 361 g/mol. The van der Waals surface area contributed by atoms with Crippen LogP contribution in [0.25, 0.3) is 0 Å². The summed E-state index contributed by atoms with van der Waals surface area (Å²) in [5.74, 6) is 1.33. The monoisotopic (exact) mass is 360 g/mol. The molecular weight excluding hydrogens is 332 g/mol. The van der Waals surface area contributed by atoms with Crippen LogP contribution >= 0.6 is 11.3 Å². The highest BCUT2D eigenvalue weighted by atomic mass is 32.1. The SMILES string of the molecule is CCC(CC)CN(CC)C(=O)c1cccc(OCc2csc(C)n2)c1. The number of amides is 1. The van der Waals surface area contributed by atoms with Crippen molar-refractivity contribution in [3.63, 3.8) is 0 Å². The van der Waals surface area contributed by atoms with Crippen molar-refractivity contribution in [2.24, 2.45) is 5.92 Å². The molecule has 2 aromatic rings. The molecule has 2 rings (SSSR count). The minimum Gasteiger partial charge on any atom is -0.487 e. The Labute approximate surface area is 154 Å². The Morgan fingerprint density at radius 2 is 2.04 bits per heavy atom. The van der Waals surface area contributed by atoms with E-state index in [0.29, 0.717) is 23.8 Å².